The Kier molecular flexibility index (Phi) is 9.55. The van der Waals surface area contributed by atoms with Gasteiger partial charge < -0.3 is 15.6 Å². The fraction of sp³-hybridized carbons (Fsp3) is 0.435. The molecule has 1 rings (SSSR count). The molecule has 0 aliphatic carbocycles. The molecule has 4 heteroatoms. The summed E-state index contributed by atoms with van der Waals surface area (Å²) < 4.78 is 13.8. The smallest absolute Gasteiger partial charge is 0.123 e. The molecule has 0 fully saturated rings. The van der Waals surface area contributed by atoms with Gasteiger partial charge in [-0.15, -0.1) is 0 Å². The maximum absolute atomic E-state index is 13.8. The minimum Gasteiger partial charge on any atom is -0.379 e. The molecular weight excluding hydrogens is 337 g/mol. The minimum absolute atomic E-state index is 0.0280. The van der Waals surface area contributed by atoms with E-state index in [0.29, 0.717) is 0 Å². The van der Waals surface area contributed by atoms with Crippen LogP contribution in [0, 0.1) is 11.2 Å². The van der Waals surface area contributed by atoms with Crippen LogP contribution in [-0.4, -0.2) is 18.2 Å². The zero-order valence-electron chi connectivity index (χ0n) is 17.4. The summed E-state index contributed by atoms with van der Waals surface area (Å²) in [6.07, 6.45) is 9.59. The molecule has 148 valence electrons. The second kappa shape index (κ2) is 11.4. The van der Waals surface area contributed by atoms with Gasteiger partial charge >= 0.3 is 0 Å². The Morgan fingerprint density at radius 3 is 2.67 bits per heavy atom. The molecule has 0 aliphatic rings. The number of nitrogens with one attached hydrogen (secondary N) is 2. The normalized spacial score (nSPS) is 13.3. The van der Waals surface area contributed by atoms with Crippen molar-refractivity contribution in [2.45, 2.75) is 59.4 Å². The van der Waals surface area contributed by atoms with E-state index in [1.165, 1.54) is 24.6 Å². The number of nitrogens with zero attached hydrogens (tertiary/aromatic N) is 1. The van der Waals surface area contributed by atoms with E-state index in [2.05, 4.69) is 18.8 Å². The van der Waals surface area contributed by atoms with Gasteiger partial charge in [-0.3, -0.25) is 0 Å². The van der Waals surface area contributed by atoms with Crippen LogP contribution >= 0.6 is 0 Å². The molecule has 0 bridgehead atoms. The Balaban J connectivity index is 2.81. The molecule has 0 spiro atoms. The van der Waals surface area contributed by atoms with Crippen LogP contribution in [0.25, 0.3) is 0 Å². The second-order valence-electron chi connectivity index (χ2n) is 7.03. The molecule has 1 atom stereocenters. The van der Waals surface area contributed by atoms with Crippen molar-refractivity contribution < 1.29 is 4.39 Å². The van der Waals surface area contributed by atoms with E-state index in [0.717, 1.165) is 35.4 Å². The van der Waals surface area contributed by atoms with Crippen molar-refractivity contribution in [1.82, 2.24) is 10.2 Å². The third-order valence-corrected chi connectivity index (χ3v) is 4.84. The van der Waals surface area contributed by atoms with E-state index in [1.807, 2.05) is 51.1 Å². The molecule has 0 aromatic heterocycles. The van der Waals surface area contributed by atoms with Gasteiger partial charge in [0.1, 0.15) is 5.82 Å². The first kappa shape index (κ1) is 22.7. The van der Waals surface area contributed by atoms with Crippen molar-refractivity contribution >= 4 is 6.21 Å². The molecule has 1 aromatic carbocycles. The quantitative estimate of drug-likeness (QED) is 0.280. The Morgan fingerprint density at radius 1 is 1.33 bits per heavy atom. The van der Waals surface area contributed by atoms with Gasteiger partial charge in [-0.25, -0.2) is 4.39 Å². The molecule has 3 nitrogen and oxygen atoms in total. The first-order chi connectivity index (χ1) is 12.8. The summed E-state index contributed by atoms with van der Waals surface area (Å²) in [5, 5.41) is 10.7. The van der Waals surface area contributed by atoms with Gasteiger partial charge in [-0.1, -0.05) is 32.4 Å². The van der Waals surface area contributed by atoms with Gasteiger partial charge in [-0.05, 0) is 68.5 Å². The lowest BCUT2D eigenvalue weighted by atomic mass is 9.96. The van der Waals surface area contributed by atoms with E-state index in [-0.39, 0.29) is 11.9 Å². The van der Waals surface area contributed by atoms with Crippen LogP contribution in [0.4, 0.5) is 4.39 Å². The average molecular weight is 372 g/mol. The molecule has 0 aliphatic heterocycles. The van der Waals surface area contributed by atoms with Crippen molar-refractivity contribution in [2.24, 2.45) is 0 Å². The number of unbranched alkanes of at least 4 members (excludes halogenated alkanes) is 2. The molecular formula is C23H34FN3. The third-order valence-electron chi connectivity index (χ3n) is 4.84. The summed E-state index contributed by atoms with van der Waals surface area (Å²) in [5.74, 6) is -0.207. The fourth-order valence-corrected chi connectivity index (χ4v) is 2.86. The molecule has 0 saturated heterocycles. The SMILES string of the molecule is C=C(/C=C\N(C)/C(C)=C(/C)C=N)NC(C)c1cc(F)ccc1CCCCC. The number of hydrogen-bond acceptors (Lipinski definition) is 3. The number of halogens is 1. The zero-order valence-corrected chi connectivity index (χ0v) is 17.4. The number of allylic oxidation sites excluding steroid dienone is 3. The van der Waals surface area contributed by atoms with Crippen LogP contribution in [0.5, 0.6) is 0 Å². The van der Waals surface area contributed by atoms with E-state index >= 15 is 0 Å². The van der Waals surface area contributed by atoms with Crippen LogP contribution in [0.2, 0.25) is 0 Å². The topological polar surface area (TPSA) is 39.1 Å². The van der Waals surface area contributed by atoms with Crippen LogP contribution < -0.4 is 5.32 Å². The average Bonchev–Trinajstić information content (AvgIpc) is 2.65. The molecule has 0 saturated carbocycles. The summed E-state index contributed by atoms with van der Waals surface area (Å²) in [5.41, 5.74) is 4.86. The standard InChI is InChI=1S/C23H34FN3/c1-7-8-9-10-21-11-12-22(24)15-23(21)19(4)26-18(3)13-14-27(6)20(5)17(2)16-25/h11-16,19,25-26H,3,7-10H2,1-2,4-6H3/b14-13-,20-17-,25-16?. The van der Waals surface area contributed by atoms with Crippen molar-refractivity contribution in [3.05, 3.63) is 71.0 Å². The lowest BCUT2D eigenvalue weighted by Gasteiger charge is -2.21. The van der Waals surface area contributed by atoms with Crippen molar-refractivity contribution in [1.29, 1.82) is 5.41 Å². The zero-order chi connectivity index (χ0) is 20.4. The van der Waals surface area contributed by atoms with E-state index < -0.39 is 0 Å². The summed E-state index contributed by atoms with van der Waals surface area (Å²) in [7, 11) is 1.94. The molecule has 27 heavy (non-hydrogen) atoms. The molecule has 1 unspecified atom stereocenters. The van der Waals surface area contributed by atoms with E-state index in [1.54, 1.807) is 12.1 Å². The van der Waals surface area contributed by atoms with Crippen LogP contribution in [0.15, 0.2) is 54.0 Å². The highest BCUT2D eigenvalue weighted by Gasteiger charge is 2.12. The van der Waals surface area contributed by atoms with Gasteiger partial charge in [0, 0.05) is 36.9 Å². The van der Waals surface area contributed by atoms with Crippen molar-refractivity contribution in [3.8, 4) is 0 Å². The van der Waals surface area contributed by atoms with Gasteiger partial charge in [0.15, 0.2) is 0 Å². The first-order valence-electron chi connectivity index (χ1n) is 9.62. The highest BCUT2D eigenvalue weighted by molar-refractivity contribution is 5.75. The molecule has 0 amide bonds. The summed E-state index contributed by atoms with van der Waals surface area (Å²) in [6, 6.07) is 5.04. The van der Waals surface area contributed by atoms with Gasteiger partial charge in [0.2, 0.25) is 0 Å². The first-order valence-corrected chi connectivity index (χ1v) is 9.62. The molecule has 2 N–H and O–H groups in total. The molecule has 0 heterocycles. The molecule has 1 aromatic rings. The molecule has 0 radical (unpaired) electrons. The number of hydrogen-bond donors (Lipinski definition) is 2. The lowest BCUT2D eigenvalue weighted by Crippen LogP contribution is -2.19. The van der Waals surface area contributed by atoms with Crippen LogP contribution in [0.3, 0.4) is 0 Å². The Hall–Kier alpha value is -2.36. The maximum Gasteiger partial charge on any atom is 0.123 e. The summed E-state index contributed by atoms with van der Waals surface area (Å²) >= 11 is 0. The van der Waals surface area contributed by atoms with E-state index in [9.17, 15) is 4.39 Å². The fourth-order valence-electron chi connectivity index (χ4n) is 2.86. The summed E-state index contributed by atoms with van der Waals surface area (Å²) in [6.45, 7) is 12.2. The lowest BCUT2D eigenvalue weighted by molar-refractivity contribution is 0.563. The predicted octanol–water partition coefficient (Wildman–Crippen LogP) is 6.11. The minimum atomic E-state index is -0.207. The van der Waals surface area contributed by atoms with Gasteiger partial charge in [-0.2, -0.15) is 0 Å². The highest BCUT2D eigenvalue weighted by Crippen LogP contribution is 2.22. The third kappa shape index (κ3) is 7.41. The number of rotatable bonds is 11. The number of benzene rings is 1. The Labute approximate surface area is 164 Å². The largest absolute Gasteiger partial charge is 0.379 e. The Bertz CT molecular complexity index is 704. The van der Waals surface area contributed by atoms with Crippen molar-refractivity contribution in [2.75, 3.05) is 7.05 Å². The Morgan fingerprint density at radius 2 is 2.04 bits per heavy atom. The number of aryl methyl sites for hydroxylation is 1. The van der Waals surface area contributed by atoms with Crippen LogP contribution in [0.1, 0.15) is 64.1 Å². The van der Waals surface area contributed by atoms with Crippen molar-refractivity contribution in [3.63, 3.8) is 0 Å². The van der Waals surface area contributed by atoms with Gasteiger partial charge in [0.05, 0.1) is 0 Å². The van der Waals surface area contributed by atoms with Gasteiger partial charge in [0.25, 0.3) is 0 Å². The predicted molar refractivity (Wildman–Crippen MR) is 114 cm³/mol. The summed E-state index contributed by atoms with van der Waals surface area (Å²) in [4.78, 5) is 1.95. The highest BCUT2D eigenvalue weighted by atomic mass is 19.1. The van der Waals surface area contributed by atoms with Crippen LogP contribution in [-0.2, 0) is 6.42 Å². The maximum atomic E-state index is 13.8. The monoisotopic (exact) mass is 371 g/mol. The van der Waals surface area contributed by atoms with E-state index in [4.69, 9.17) is 5.41 Å². The second-order valence-corrected chi connectivity index (χ2v) is 7.03.